The topological polar surface area (TPSA) is 47.6 Å². The Labute approximate surface area is 207 Å². The molecule has 4 rings (SSSR count). The van der Waals surface area contributed by atoms with Crippen molar-refractivity contribution in [3.8, 4) is 0 Å². The number of rotatable bonds is 10. The van der Waals surface area contributed by atoms with Crippen LogP contribution in [0.2, 0.25) is 0 Å². The zero-order valence-electron chi connectivity index (χ0n) is 20.2. The molecule has 0 spiro atoms. The third-order valence-corrected chi connectivity index (χ3v) is 6.30. The molecule has 0 radical (unpaired) electrons. The lowest BCUT2D eigenvalue weighted by Gasteiger charge is -2.39. The summed E-state index contributed by atoms with van der Waals surface area (Å²) in [5, 5.41) is 3.67. The number of ether oxygens (including phenoxy) is 2. The lowest BCUT2D eigenvalue weighted by Crippen LogP contribution is -2.54. The highest BCUT2D eigenvalue weighted by Gasteiger charge is 2.40. The van der Waals surface area contributed by atoms with Gasteiger partial charge in [-0.2, -0.15) is 0 Å². The summed E-state index contributed by atoms with van der Waals surface area (Å²) in [7, 11) is 1.41. The van der Waals surface area contributed by atoms with Crippen molar-refractivity contribution in [2.75, 3.05) is 13.7 Å². The van der Waals surface area contributed by atoms with Gasteiger partial charge in [-0.05, 0) is 34.7 Å². The van der Waals surface area contributed by atoms with Crippen LogP contribution in [0.4, 0.5) is 0 Å². The molecule has 0 aliphatic carbocycles. The van der Waals surface area contributed by atoms with Crippen LogP contribution >= 0.6 is 0 Å². The molecule has 0 heterocycles. The minimum absolute atomic E-state index is 0.162. The van der Waals surface area contributed by atoms with Gasteiger partial charge in [-0.1, -0.05) is 115 Å². The summed E-state index contributed by atoms with van der Waals surface area (Å²) in [6, 6.07) is 37.9. The van der Waals surface area contributed by atoms with Gasteiger partial charge in [-0.15, -0.1) is 0 Å². The molecule has 4 aromatic carbocycles. The SMILES string of the molecule is COC(=O)C(COCc1ccccc1C)NC(c1ccccc1)(c1ccccc1)c1ccccc1. The number of methoxy groups -OCH3 is 1. The Morgan fingerprint density at radius 2 is 1.20 bits per heavy atom. The second-order valence-corrected chi connectivity index (χ2v) is 8.51. The van der Waals surface area contributed by atoms with E-state index in [0.717, 1.165) is 27.8 Å². The Bertz CT molecular complexity index is 1110. The molecule has 0 amide bonds. The van der Waals surface area contributed by atoms with E-state index >= 15 is 0 Å². The van der Waals surface area contributed by atoms with Crippen LogP contribution in [0.5, 0.6) is 0 Å². The smallest absolute Gasteiger partial charge is 0.325 e. The molecule has 1 N–H and O–H groups in total. The van der Waals surface area contributed by atoms with Crippen LogP contribution in [0.25, 0.3) is 0 Å². The van der Waals surface area contributed by atoms with Crippen molar-refractivity contribution >= 4 is 5.97 Å². The molecule has 35 heavy (non-hydrogen) atoms. The molecule has 0 saturated carbocycles. The number of carbonyl (C=O) groups is 1. The second-order valence-electron chi connectivity index (χ2n) is 8.51. The summed E-state index contributed by atoms with van der Waals surface area (Å²) in [5.41, 5.74) is 4.51. The van der Waals surface area contributed by atoms with E-state index in [0.29, 0.717) is 6.61 Å². The summed E-state index contributed by atoms with van der Waals surface area (Å²) < 4.78 is 11.3. The van der Waals surface area contributed by atoms with Crippen molar-refractivity contribution in [2.24, 2.45) is 0 Å². The average molecular weight is 466 g/mol. The van der Waals surface area contributed by atoms with E-state index in [1.807, 2.05) is 72.8 Å². The van der Waals surface area contributed by atoms with Gasteiger partial charge in [0.05, 0.1) is 25.9 Å². The van der Waals surface area contributed by atoms with Crippen LogP contribution < -0.4 is 5.32 Å². The zero-order valence-corrected chi connectivity index (χ0v) is 20.2. The monoisotopic (exact) mass is 465 g/mol. The van der Waals surface area contributed by atoms with Gasteiger partial charge in [0.2, 0.25) is 0 Å². The van der Waals surface area contributed by atoms with Gasteiger partial charge in [-0.25, -0.2) is 0 Å². The number of nitrogens with one attached hydrogen (secondary N) is 1. The van der Waals surface area contributed by atoms with Crippen LogP contribution in [0.3, 0.4) is 0 Å². The highest BCUT2D eigenvalue weighted by atomic mass is 16.5. The lowest BCUT2D eigenvalue weighted by molar-refractivity contribution is -0.145. The molecule has 1 atom stereocenters. The maximum absolute atomic E-state index is 13.0. The van der Waals surface area contributed by atoms with E-state index in [1.165, 1.54) is 7.11 Å². The Morgan fingerprint density at radius 1 is 0.743 bits per heavy atom. The van der Waals surface area contributed by atoms with Gasteiger partial charge in [-0.3, -0.25) is 10.1 Å². The molecule has 0 aliphatic heterocycles. The molecule has 0 saturated heterocycles. The highest BCUT2D eigenvalue weighted by Crippen LogP contribution is 2.37. The fourth-order valence-corrected chi connectivity index (χ4v) is 4.45. The molecule has 178 valence electrons. The summed E-state index contributed by atoms with van der Waals surface area (Å²) in [6.07, 6.45) is 0. The minimum atomic E-state index is -0.797. The zero-order chi connectivity index (χ0) is 24.5. The fourth-order valence-electron chi connectivity index (χ4n) is 4.45. The van der Waals surface area contributed by atoms with Crippen LogP contribution in [-0.2, 0) is 26.4 Å². The Balaban J connectivity index is 1.75. The molecule has 4 nitrogen and oxygen atoms in total. The molecule has 1 unspecified atom stereocenters. The first-order chi connectivity index (χ1) is 17.1. The molecular formula is C31H31NO3. The van der Waals surface area contributed by atoms with E-state index in [9.17, 15) is 4.79 Å². The normalized spacial score (nSPS) is 12.2. The van der Waals surface area contributed by atoms with Gasteiger partial charge >= 0.3 is 5.97 Å². The number of hydrogen-bond acceptors (Lipinski definition) is 4. The van der Waals surface area contributed by atoms with Crippen molar-refractivity contribution in [1.82, 2.24) is 5.32 Å². The first-order valence-corrected chi connectivity index (χ1v) is 11.8. The molecule has 0 fully saturated rings. The molecule has 0 aromatic heterocycles. The summed E-state index contributed by atoms with van der Waals surface area (Å²) in [6.45, 7) is 2.63. The van der Waals surface area contributed by atoms with Crippen molar-refractivity contribution in [1.29, 1.82) is 0 Å². The van der Waals surface area contributed by atoms with Gasteiger partial charge in [0.15, 0.2) is 0 Å². The molecule has 4 heteroatoms. The highest BCUT2D eigenvalue weighted by molar-refractivity contribution is 5.76. The third-order valence-electron chi connectivity index (χ3n) is 6.30. The molecule has 0 aliphatic rings. The van der Waals surface area contributed by atoms with E-state index in [2.05, 4.69) is 54.7 Å². The van der Waals surface area contributed by atoms with Crippen molar-refractivity contribution in [2.45, 2.75) is 25.1 Å². The van der Waals surface area contributed by atoms with E-state index in [1.54, 1.807) is 0 Å². The van der Waals surface area contributed by atoms with Gasteiger partial charge in [0.1, 0.15) is 6.04 Å². The second kappa shape index (κ2) is 11.6. The number of aryl methyl sites for hydroxylation is 1. The minimum Gasteiger partial charge on any atom is -0.468 e. The first kappa shape index (κ1) is 24.4. The molecule has 4 aromatic rings. The van der Waals surface area contributed by atoms with Crippen LogP contribution in [0.1, 0.15) is 27.8 Å². The van der Waals surface area contributed by atoms with Crippen molar-refractivity contribution < 1.29 is 14.3 Å². The summed E-state index contributed by atoms with van der Waals surface area (Å²) >= 11 is 0. The number of esters is 1. The van der Waals surface area contributed by atoms with Gasteiger partial charge < -0.3 is 9.47 Å². The first-order valence-electron chi connectivity index (χ1n) is 11.8. The van der Waals surface area contributed by atoms with E-state index < -0.39 is 11.6 Å². The maximum atomic E-state index is 13.0. The van der Waals surface area contributed by atoms with Gasteiger partial charge in [0.25, 0.3) is 0 Å². The lowest BCUT2D eigenvalue weighted by atomic mass is 9.76. The van der Waals surface area contributed by atoms with E-state index in [-0.39, 0.29) is 12.6 Å². The van der Waals surface area contributed by atoms with Crippen LogP contribution in [0.15, 0.2) is 115 Å². The molecular weight excluding hydrogens is 434 g/mol. The number of benzene rings is 4. The Morgan fingerprint density at radius 3 is 1.66 bits per heavy atom. The fraction of sp³-hybridized carbons (Fsp3) is 0.194. The molecule has 0 bridgehead atoms. The number of carbonyl (C=O) groups excluding carboxylic acids is 1. The summed E-state index contributed by atoms with van der Waals surface area (Å²) in [5.74, 6) is -0.373. The Kier molecular flexibility index (Phi) is 8.09. The quantitative estimate of drug-likeness (QED) is 0.243. The predicted octanol–water partition coefficient (Wildman–Crippen LogP) is 5.63. The Hall–Kier alpha value is -3.73. The maximum Gasteiger partial charge on any atom is 0.325 e. The van der Waals surface area contributed by atoms with Gasteiger partial charge in [0, 0.05) is 0 Å². The largest absolute Gasteiger partial charge is 0.468 e. The standard InChI is InChI=1S/C31H31NO3/c1-24-14-12-13-15-25(24)22-35-23-29(30(33)34-2)32-31(26-16-6-3-7-17-26,27-18-8-4-9-19-27)28-20-10-5-11-21-28/h3-21,29,32H,22-23H2,1-2H3. The summed E-state index contributed by atoms with van der Waals surface area (Å²) in [4.78, 5) is 13.0. The third kappa shape index (κ3) is 5.51. The van der Waals surface area contributed by atoms with Crippen LogP contribution in [-0.4, -0.2) is 25.7 Å². The van der Waals surface area contributed by atoms with E-state index in [4.69, 9.17) is 9.47 Å². The number of hydrogen-bond donors (Lipinski definition) is 1. The van der Waals surface area contributed by atoms with Crippen molar-refractivity contribution in [3.05, 3.63) is 143 Å². The average Bonchev–Trinajstić information content (AvgIpc) is 2.93. The van der Waals surface area contributed by atoms with Crippen LogP contribution in [0, 0.1) is 6.92 Å². The van der Waals surface area contributed by atoms with Crippen molar-refractivity contribution in [3.63, 3.8) is 0 Å². The predicted molar refractivity (Wildman–Crippen MR) is 139 cm³/mol.